The first kappa shape index (κ1) is 35.9. The van der Waals surface area contributed by atoms with Crippen molar-refractivity contribution in [2.45, 2.75) is 0 Å². The number of furan rings is 1. The van der Waals surface area contributed by atoms with E-state index in [0.717, 1.165) is 72.0 Å². The van der Waals surface area contributed by atoms with Gasteiger partial charge in [-0.2, -0.15) is 0 Å². The molecule has 2 aromatic heterocycles. The zero-order valence-electron chi connectivity index (χ0n) is 33.1. The van der Waals surface area contributed by atoms with Crippen LogP contribution in [-0.4, -0.2) is 15.0 Å². The van der Waals surface area contributed by atoms with Crippen molar-refractivity contribution >= 4 is 21.9 Å². The fraction of sp³-hybridized carbons (Fsp3) is 0. The maximum Gasteiger partial charge on any atom is 0.164 e. The fourth-order valence-electron chi connectivity index (χ4n) is 8.26. The highest BCUT2D eigenvalue weighted by atomic mass is 16.3. The van der Waals surface area contributed by atoms with Crippen molar-refractivity contribution in [3.8, 4) is 89.8 Å². The van der Waals surface area contributed by atoms with Crippen LogP contribution in [-0.2, 0) is 0 Å². The Morgan fingerprint density at radius 3 is 1.23 bits per heavy atom. The number of hydrogen-bond donors (Lipinski definition) is 0. The minimum Gasteiger partial charge on any atom is -0.456 e. The maximum atomic E-state index is 6.67. The van der Waals surface area contributed by atoms with Crippen molar-refractivity contribution < 1.29 is 4.42 Å². The maximum absolute atomic E-state index is 6.67. The number of benzene rings is 9. The predicted octanol–water partition coefficient (Wildman–Crippen LogP) is 15.1. The molecule has 4 heteroatoms. The molecule has 0 bridgehead atoms. The molecule has 0 atom stereocenters. The molecule has 0 spiro atoms. The molecule has 0 N–H and O–H groups in total. The van der Waals surface area contributed by atoms with Crippen LogP contribution in [0, 0.1) is 0 Å². The third-order valence-electron chi connectivity index (χ3n) is 11.3. The molecule has 286 valence electrons. The molecule has 11 rings (SSSR count). The highest BCUT2D eigenvalue weighted by molar-refractivity contribution is 6.13. The van der Waals surface area contributed by atoms with Crippen molar-refractivity contribution in [2.75, 3.05) is 0 Å². The van der Waals surface area contributed by atoms with E-state index in [1.54, 1.807) is 0 Å². The van der Waals surface area contributed by atoms with E-state index in [1.165, 1.54) is 22.3 Å². The summed E-state index contributed by atoms with van der Waals surface area (Å²) in [5.41, 5.74) is 15.8. The molecule has 0 aliphatic carbocycles. The zero-order valence-corrected chi connectivity index (χ0v) is 33.1. The van der Waals surface area contributed by atoms with Gasteiger partial charge in [-0.15, -0.1) is 0 Å². The quantitative estimate of drug-likeness (QED) is 0.154. The number of nitrogens with zero attached hydrogens (tertiary/aromatic N) is 3. The number of rotatable bonds is 8. The summed E-state index contributed by atoms with van der Waals surface area (Å²) in [6.45, 7) is 0. The molecule has 2 heterocycles. The number of hydrogen-bond acceptors (Lipinski definition) is 4. The summed E-state index contributed by atoms with van der Waals surface area (Å²) in [4.78, 5) is 15.2. The van der Waals surface area contributed by atoms with E-state index in [2.05, 4.69) is 188 Å². The van der Waals surface area contributed by atoms with Crippen LogP contribution in [0.2, 0.25) is 0 Å². The van der Waals surface area contributed by atoms with Crippen molar-refractivity contribution in [3.05, 3.63) is 224 Å². The fourth-order valence-corrected chi connectivity index (χ4v) is 8.26. The van der Waals surface area contributed by atoms with Gasteiger partial charge in [0, 0.05) is 27.5 Å². The van der Waals surface area contributed by atoms with Crippen LogP contribution in [0.3, 0.4) is 0 Å². The minimum absolute atomic E-state index is 0.576. The van der Waals surface area contributed by atoms with E-state index >= 15 is 0 Å². The Morgan fingerprint density at radius 1 is 0.246 bits per heavy atom. The van der Waals surface area contributed by atoms with Gasteiger partial charge in [0.25, 0.3) is 0 Å². The van der Waals surface area contributed by atoms with E-state index in [9.17, 15) is 0 Å². The van der Waals surface area contributed by atoms with Crippen LogP contribution < -0.4 is 0 Å². The Hall–Kier alpha value is -8.21. The van der Waals surface area contributed by atoms with Crippen molar-refractivity contribution in [1.29, 1.82) is 0 Å². The van der Waals surface area contributed by atoms with E-state index in [1.807, 2.05) is 36.4 Å². The Morgan fingerprint density at radius 2 is 0.639 bits per heavy atom. The molecule has 0 aliphatic heterocycles. The van der Waals surface area contributed by atoms with Gasteiger partial charge >= 0.3 is 0 Å². The average molecular weight is 780 g/mol. The number of aromatic nitrogens is 3. The standard InChI is InChI=1S/C57H37N3O/c1-5-15-38(16-6-1)41-27-29-42(30-28-41)44-23-13-24-45(33-44)56-58-55(43-21-11-4-12-22-43)59-57(60-56)46-31-32-51-53(37-46)61-52-26-14-25-50(54(51)52)49-35-47(39-17-7-2-8-18-39)34-48(36-49)40-19-9-3-10-20-40/h1-37H. The lowest BCUT2D eigenvalue weighted by Crippen LogP contribution is -2.00. The van der Waals surface area contributed by atoms with Crippen LogP contribution in [0.4, 0.5) is 0 Å². The average Bonchev–Trinajstić information content (AvgIpc) is 3.73. The summed E-state index contributed by atoms with van der Waals surface area (Å²) in [5.74, 6) is 1.79. The Kier molecular flexibility index (Phi) is 9.14. The van der Waals surface area contributed by atoms with Crippen LogP contribution in [0.25, 0.3) is 112 Å². The van der Waals surface area contributed by atoms with Crippen LogP contribution in [0.15, 0.2) is 229 Å². The van der Waals surface area contributed by atoms with Gasteiger partial charge in [-0.3, -0.25) is 0 Å². The van der Waals surface area contributed by atoms with Gasteiger partial charge in [-0.05, 0) is 98.1 Å². The van der Waals surface area contributed by atoms with Crippen molar-refractivity contribution in [2.24, 2.45) is 0 Å². The SMILES string of the molecule is c1ccc(-c2ccc(-c3cccc(-c4nc(-c5ccccc5)nc(-c5ccc6c(c5)oc5cccc(-c7cc(-c8ccccc8)cc(-c8ccccc8)c7)c56)n4)c3)cc2)cc1. The first-order chi connectivity index (χ1) is 30.2. The van der Waals surface area contributed by atoms with Crippen LogP contribution >= 0.6 is 0 Å². The molecule has 61 heavy (non-hydrogen) atoms. The number of fused-ring (bicyclic) bond motifs is 3. The van der Waals surface area contributed by atoms with E-state index in [-0.39, 0.29) is 0 Å². The molecule has 11 aromatic rings. The second-order valence-electron chi connectivity index (χ2n) is 15.2. The summed E-state index contributed by atoms with van der Waals surface area (Å²) >= 11 is 0. The summed E-state index contributed by atoms with van der Waals surface area (Å²) < 4.78 is 6.67. The topological polar surface area (TPSA) is 51.8 Å². The normalized spacial score (nSPS) is 11.3. The molecule has 0 unspecified atom stereocenters. The molecule has 0 saturated carbocycles. The second kappa shape index (κ2) is 15.5. The second-order valence-corrected chi connectivity index (χ2v) is 15.2. The van der Waals surface area contributed by atoms with Gasteiger partial charge in [0.05, 0.1) is 0 Å². The molecule has 0 aliphatic rings. The highest BCUT2D eigenvalue weighted by Gasteiger charge is 2.18. The molecule has 9 aromatic carbocycles. The lowest BCUT2D eigenvalue weighted by atomic mass is 9.91. The molecule has 0 saturated heterocycles. The smallest absolute Gasteiger partial charge is 0.164 e. The van der Waals surface area contributed by atoms with Crippen molar-refractivity contribution in [1.82, 2.24) is 15.0 Å². The first-order valence-corrected chi connectivity index (χ1v) is 20.5. The minimum atomic E-state index is 0.576. The molecule has 0 fully saturated rings. The van der Waals surface area contributed by atoms with Gasteiger partial charge in [-0.25, -0.2) is 15.0 Å². The van der Waals surface area contributed by atoms with Crippen LogP contribution in [0.1, 0.15) is 0 Å². The summed E-state index contributed by atoms with van der Waals surface area (Å²) in [6.07, 6.45) is 0. The Bertz CT molecular complexity index is 3270. The van der Waals surface area contributed by atoms with E-state index in [0.29, 0.717) is 17.5 Å². The zero-order chi connectivity index (χ0) is 40.5. The summed E-state index contributed by atoms with van der Waals surface area (Å²) in [6, 6.07) is 78.3. The van der Waals surface area contributed by atoms with Gasteiger partial charge in [0.15, 0.2) is 17.5 Å². The molecular formula is C57H37N3O. The third-order valence-corrected chi connectivity index (χ3v) is 11.3. The molecule has 4 nitrogen and oxygen atoms in total. The van der Waals surface area contributed by atoms with Crippen LogP contribution in [0.5, 0.6) is 0 Å². The van der Waals surface area contributed by atoms with Gasteiger partial charge in [0.1, 0.15) is 11.2 Å². The van der Waals surface area contributed by atoms with E-state index in [4.69, 9.17) is 19.4 Å². The Balaban J connectivity index is 1.01. The molecule has 0 amide bonds. The molecular weight excluding hydrogens is 743 g/mol. The largest absolute Gasteiger partial charge is 0.456 e. The first-order valence-electron chi connectivity index (χ1n) is 20.5. The highest BCUT2D eigenvalue weighted by Crippen LogP contribution is 2.41. The predicted molar refractivity (Wildman–Crippen MR) is 251 cm³/mol. The third kappa shape index (κ3) is 7.07. The summed E-state index contributed by atoms with van der Waals surface area (Å²) in [7, 11) is 0. The van der Waals surface area contributed by atoms with Gasteiger partial charge < -0.3 is 4.42 Å². The van der Waals surface area contributed by atoms with Gasteiger partial charge in [-0.1, -0.05) is 182 Å². The van der Waals surface area contributed by atoms with E-state index < -0.39 is 0 Å². The molecule has 0 radical (unpaired) electrons. The van der Waals surface area contributed by atoms with Gasteiger partial charge in [0.2, 0.25) is 0 Å². The Labute approximate surface area is 354 Å². The monoisotopic (exact) mass is 779 g/mol. The summed E-state index contributed by atoms with van der Waals surface area (Å²) in [5, 5.41) is 2.10. The lowest BCUT2D eigenvalue weighted by Gasteiger charge is -2.12. The lowest BCUT2D eigenvalue weighted by molar-refractivity contribution is 0.669. The van der Waals surface area contributed by atoms with Crippen molar-refractivity contribution in [3.63, 3.8) is 0 Å².